The molecule has 1 atom stereocenters. The molecular formula is C10H15N3O5S. The molecule has 0 radical (unpaired) electrons. The minimum atomic E-state index is -3.91. The van der Waals surface area contributed by atoms with Gasteiger partial charge in [-0.2, -0.15) is 4.72 Å². The minimum absolute atomic E-state index is 0.0440. The Kier molecular flexibility index (Phi) is 5.24. The van der Waals surface area contributed by atoms with Gasteiger partial charge < -0.3 is 10.5 Å². The number of benzene rings is 1. The molecule has 1 rings (SSSR count). The van der Waals surface area contributed by atoms with Crippen molar-refractivity contribution in [2.45, 2.75) is 10.9 Å². The lowest BCUT2D eigenvalue weighted by Gasteiger charge is -2.14. The number of nitrogens with two attached hydrogens (primary N) is 1. The average molecular weight is 289 g/mol. The number of methoxy groups -OCH3 is 1. The second kappa shape index (κ2) is 6.48. The van der Waals surface area contributed by atoms with Crippen molar-refractivity contribution >= 4 is 15.9 Å². The summed E-state index contributed by atoms with van der Waals surface area (Å²) in [4.78, 5) is 11.1. The number of carbonyl (C=O) groups is 1. The Morgan fingerprint density at radius 1 is 1.42 bits per heavy atom. The number of rotatable bonds is 6. The van der Waals surface area contributed by atoms with Gasteiger partial charge in [0.1, 0.15) is 11.8 Å². The van der Waals surface area contributed by atoms with Gasteiger partial charge in [-0.3, -0.25) is 10.0 Å². The van der Waals surface area contributed by atoms with Gasteiger partial charge in [0.2, 0.25) is 10.0 Å². The van der Waals surface area contributed by atoms with Crippen LogP contribution < -0.4 is 20.7 Å². The van der Waals surface area contributed by atoms with E-state index in [4.69, 9.17) is 15.7 Å². The molecule has 106 valence electrons. The molecule has 5 N–H and O–H groups in total. The molecule has 9 heteroatoms. The number of hydrogen-bond donors (Lipinski definition) is 4. The van der Waals surface area contributed by atoms with E-state index in [0.29, 0.717) is 5.75 Å². The smallest absolute Gasteiger partial charge is 0.262 e. The van der Waals surface area contributed by atoms with Crippen LogP contribution >= 0.6 is 0 Å². The van der Waals surface area contributed by atoms with Crippen LogP contribution in [0.15, 0.2) is 29.2 Å². The predicted molar refractivity (Wildman–Crippen MR) is 66.1 cm³/mol. The number of carbonyl (C=O) groups excluding carboxylic acids is 1. The lowest BCUT2D eigenvalue weighted by Crippen LogP contribution is -2.49. The molecule has 0 aliphatic heterocycles. The largest absolute Gasteiger partial charge is 0.497 e. The standard InChI is InChI=1S/C10H15N3O5S/c1-18-7-2-4-8(5-3-7)19(16,17)13-9(6-11)10(14)12-15/h2-5,9,13,15H,6,11H2,1H3,(H,12,14)/t9-/m1/s1. The Hall–Kier alpha value is -1.68. The first-order valence-corrected chi connectivity index (χ1v) is 6.73. The summed E-state index contributed by atoms with van der Waals surface area (Å²) >= 11 is 0. The maximum absolute atomic E-state index is 12.0. The predicted octanol–water partition coefficient (Wildman–Crippen LogP) is -1.19. The second-order valence-electron chi connectivity index (χ2n) is 3.56. The number of hydroxylamine groups is 1. The molecule has 19 heavy (non-hydrogen) atoms. The molecule has 0 bridgehead atoms. The summed E-state index contributed by atoms with van der Waals surface area (Å²) in [6.45, 7) is -0.290. The normalized spacial score (nSPS) is 12.8. The van der Waals surface area contributed by atoms with E-state index in [1.165, 1.54) is 36.9 Å². The summed E-state index contributed by atoms with van der Waals surface area (Å²) in [7, 11) is -2.45. The van der Waals surface area contributed by atoms with Gasteiger partial charge in [-0.25, -0.2) is 13.9 Å². The van der Waals surface area contributed by atoms with Crippen LogP contribution in [0.4, 0.5) is 0 Å². The van der Waals surface area contributed by atoms with E-state index in [1.807, 2.05) is 0 Å². The van der Waals surface area contributed by atoms with Crippen LogP contribution in [0.1, 0.15) is 0 Å². The van der Waals surface area contributed by atoms with Crippen molar-refractivity contribution in [3.8, 4) is 5.75 Å². The fourth-order valence-electron chi connectivity index (χ4n) is 1.30. The van der Waals surface area contributed by atoms with E-state index in [1.54, 1.807) is 0 Å². The van der Waals surface area contributed by atoms with Crippen LogP contribution in [-0.2, 0) is 14.8 Å². The van der Waals surface area contributed by atoms with Crippen molar-refractivity contribution in [2.75, 3.05) is 13.7 Å². The van der Waals surface area contributed by atoms with Crippen molar-refractivity contribution < 1.29 is 23.2 Å². The van der Waals surface area contributed by atoms with Gasteiger partial charge in [-0.15, -0.1) is 0 Å². The number of ether oxygens (including phenoxy) is 1. The zero-order valence-electron chi connectivity index (χ0n) is 10.2. The fraction of sp³-hybridized carbons (Fsp3) is 0.300. The van der Waals surface area contributed by atoms with E-state index < -0.39 is 22.0 Å². The average Bonchev–Trinajstić information content (AvgIpc) is 2.44. The Morgan fingerprint density at radius 3 is 2.42 bits per heavy atom. The van der Waals surface area contributed by atoms with Crippen LogP contribution in [0.5, 0.6) is 5.75 Å². The fourth-order valence-corrected chi connectivity index (χ4v) is 2.51. The molecule has 0 saturated heterocycles. The summed E-state index contributed by atoms with van der Waals surface area (Å²) in [6.07, 6.45) is 0. The zero-order chi connectivity index (χ0) is 14.5. The first-order chi connectivity index (χ1) is 8.94. The number of hydrogen-bond acceptors (Lipinski definition) is 6. The molecule has 1 amide bonds. The molecule has 8 nitrogen and oxygen atoms in total. The number of amides is 1. The third-order valence-electron chi connectivity index (χ3n) is 2.33. The van der Waals surface area contributed by atoms with Gasteiger partial charge >= 0.3 is 0 Å². The van der Waals surface area contributed by atoms with Gasteiger partial charge in [0.15, 0.2) is 0 Å². The second-order valence-corrected chi connectivity index (χ2v) is 5.28. The van der Waals surface area contributed by atoms with E-state index in [0.717, 1.165) is 0 Å². The highest BCUT2D eigenvalue weighted by Gasteiger charge is 2.24. The molecule has 0 aliphatic carbocycles. The first-order valence-electron chi connectivity index (χ1n) is 5.25. The number of sulfonamides is 1. The molecule has 1 aromatic carbocycles. The highest BCUT2D eigenvalue weighted by Crippen LogP contribution is 2.15. The van der Waals surface area contributed by atoms with Crippen LogP contribution in [-0.4, -0.2) is 39.2 Å². The van der Waals surface area contributed by atoms with Crippen LogP contribution in [0.2, 0.25) is 0 Å². The highest BCUT2D eigenvalue weighted by molar-refractivity contribution is 7.89. The van der Waals surface area contributed by atoms with E-state index in [9.17, 15) is 13.2 Å². The quantitative estimate of drug-likeness (QED) is 0.384. The molecule has 0 aliphatic rings. The van der Waals surface area contributed by atoms with Gasteiger partial charge in [0.05, 0.1) is 12.0 Å². The lowest BCUT2D eigenvalue weighted by molar-refractivity contribution is -0.130. The highest BCUT2D eigenvalue weighted by atomic mass is 32.2. The molecular weight excluding hydrogens is 274 g/mol. The van der Waals surface area contributed by atoms with Gasteiger partial charge in [0.25, 0.3) is 5.91 Å². The lowest BCUT2D eigenvalue weighted by atomic mass is 10.3. The molecule has 0 saturated carbocycles. The Labute approximate surface area is 110 Å². The maximum atomic E-state index is 12.0. The molecule has 0 unspecified atom stereocenters. The van der Waals surface area contributed by atoms with Crippen molar-refractivity contribution in [3.05, 3.63) is 24.3 Å². The van der Waals surface area contributed by atoms with Gasteiger partial charge in [0, 0.05) is 6.54 Å². The molecule has 0 heterocycles. The Morgan fingerprint density at radius 2 is 2.00 bits per heavy atom. The van der Waals surface area contributed by atoms with Crippen molar-refractivity contribution in [1.82, 2.24) is 10.2 Å². The van der Waals surface area contributed by atoms with Crippen LogP contribution in [0, 0.1) is 0 Å². The summed E-state index contributed by atoms with van der Waals surface area (Å²) in [5.74, 6) is -0.429. The molecule has 1 aromatic rings. The number of nitrogens with one attached hydrogen (secondary N) is 2. The molecule has 0 spiro atoms. The van der Waals surface area contributed by atoms with Crippen molar-refractivity contribution in [2.24, 2.45) is 5.73 Å². The summed E-state index contributed by atoms with van der Waals surface area (Å²) in [5, 5.41) is 8.47. The van der Waals surface area contributed by atoms with E-state index in [2.05, 4.69) is 4.72 Å². The zero-order valence-corrected chi connectivity index (χ0v) is 11.0. The summed E-state index contributed by atoms with van der Waals surface area (Å²) in [5.41, 5.74) is 6.60. The topological polar surface area (TPSA) is 131 Å². The van der Waals surface area contributed by atoms with E-state index in [-0.39, 0.29) is 11.4 Å². The van der Waals surface area contributed by atoms with E-state index >= 15 is 0 Å². The molecule has 0 aromatic heterocycles. The van der Waals surface area contributed by atoms with Gasteiger partial charge in [-0.05, 0) is 24.3 Å². The first kappa shape index (κ1) is 15.4. The maximum Gasteiger partial charge on any atom is 0.262 e. The Balaban J connectivity index is 2.93. The third-order valence-corrected chi connectivity index (χ3v) is 3.82. The summed E-state index contributed by atoms with van der Waals surface area (Å²) in [6, 6.07) is 4.34. The third kappa shape index (κ3) is 3.89. The van der Waals surface area contributed by atoms with Gasteiger partial charge in [-0.1, -0.05) is 0 Å². The van der Waals surface area contributed by atoms with Crippen molar-refractivity contribution in [3.63, 3.8) is 0 Å². The Bertz CT molecular complexity index is 529. The molecule has 0 fully saturated rings. The SMILES string of the molecule is COc1ccc(S(=O)(=O)N[C@H](CN)C(=O)NO)cc1. The van der Waals surface area contributed by atoms with Crippen LogP contribution in [0.3, 0.4) is 0 Å². The van der Waals surface area contributed by atoms with Crippen molar-refractivity contribution in [1.29, 1.82) is 0 Å². The van der Waals surface area contributed by atoms with Crippen LogP contribution in [0.25, 0.3) is 0 Å². The minimum Gasteiger partial charge on any atom is -0.497 e. The monoisotopic (exact) mass is 289 g/mol. The summed E-state index contributed by atoms with van der Waals surface area (Å²) < 4.78 is 30.9.